The zero-order valence-electron chi connectivity index (χ0n) is 14.1. The van der Waals surface area contributed by atoms with Gasteiger partial charge in [0, 0.05) is 36.2 Å². The largest absolute Gasteiger partial charge is 0.349 e. The first-order chi connectivity index (χ1) is 9.98. The molecule has 2 rings (SSSR count). The molecular formula is C16H30N4S. The van der Waals surface area contributed by atoms with Gasteiger partial charge in [0.15, 0.2) is 5.13 Å². The van der Waals surface area contributed by atoms with E-state index in [1.54, 1.807) is 0 Å². The minimum absolute atomic E-state index is 0.354. The van der Waals surface area contributed by atoms with Crippen molar-refractivity contribution >= 4 is 16.5 Å². The highest BCUT2D eigenvalue weighted by molar-refractivity contribution is 7.15. The molecule has 0 aromatic carbocycles. The zero-order valence-corrected chi connectivity index (χ0v) is 15.0. The van der Waals surface area contributed by atoms with Gasteiger partial charge in [-0.3, -0.25) is 0 Å². The molecule has 1 aromatic heterocycles. The summed E-state index contributed by atoms with van der Waals surface area (Å²) in [6, 6.07) is 0.399. The van der Waals surface area contributed by atoms with E-state index in [-0.39, 0.29) is 0 Å². The highest BCUT2D eigenvalue weighted by atomic mass is 32.1. The molecule has 1 saturated carbocycles. The second kappa shape index (κ2) is 7.07. The van der Waals surface area contributed by atoms with Crippen LogP contribution in [-0.2, 0) is 0 Å². The summed E-state index contributed by atoms with van der Waals surface area (Å²) in [5.41, 5.74) is 0.354. The second-order valence-corrected chi connectivity index (χ2v) is 7.59. The van der Waals surface area contributed by atoms with Crippen LogP contribution in [-0.4, -0.2) is 49.7 Å². The molecule has 1 heterocycles. The lowest BCUT2D eigenvalue weighted by atomic mass is 9.75. The van der Waals surface area contributed by atoms with Crippen LogP contribution >= 0.6 is 11.3 Å². The van der Waals surface area contributed by atoms with Gasteiger partial charge < -0.3 is 15.1 Å². The van der Waals surface area contributed by atoms with E-state index in [4.69, 9.17) is 0 Å². The molecule has 21 heavy (non-hydrogen) atoms. The molecule has 0 bridgehead atoms. The Bertz CT molecular complexity index is 439. The van der Waals surface area contributed by atoms with Gasteiger partial charge >= 0.3 is 0 Å². The highest BCUT2D eigenvalue weighted by Crippen LogP contribution is 2.38. The van der Waals surface area contributed by atoms with Crippen molar-refractivity contribution in [1.82, 2.24) is 15.2 Å². The molecular weight excluding hydrogens is 280 g/mol. The molecule has 1 fully saturated rings. The van der Waals surface area contributed by atoms with Gasteiger partial charge in [0.05, 0.1) is 0 Å². The van der Waals surface area contributed by atoms with Crippen LogP contribution < -0.4 is 10.2 Å². The zero-order chi connectivity index (χ0) is 15.5. The number of aromatic nitrogens is 1. The quantitative estimate of drug-likeness (QED) is 0.799. The van der Waals surface area contributed by atoms with Crippen LogP contribution in [0, 0.1) is 0 Å². The average molecular weight is 311 g/mol. The monoisotopic (exact) mass is 310 g/mol. The number of hydrogen-bond acceptors (Lipinski definition) is 5. The van der Waals surface area contributed by atoms with E-state index in [0.29, 0.717) is 11.6 Å². The topological polar surface area (TPSA) is 31.4 Å². The molecule has 1 atom stereocenters. The standard InChI is InChI=1S/C16H30N4S/c1-6-10-17-13(2)14-11-18-15(21-14)20(5)12-16(19(3)4)8-7-9-16/h11,13,17H,6-10,12H2,1-5H3. The van der Waals surface area contributed by atoms with Crippen molar-refractivity contribution in [3.8, 4) is 0 Å². The SMILES string of the molecule is CCCNC(C)c1cnc(N(C)CC2(N(C)C)CCC2)s1. The number of nitrogens with one attached hydrogen (secondary N) is 1. The lowest BCUT2D eigenvalue weighted by Gasteiger charge is -2.49. The molecule has 1 unspecified atom stereocenters. The Balaban J connectivity index is 1.97. The maximum Gasteiger partial charge on any atom is 0.185 e. The average Bonchev–Trinajstić information content (AvgIpc) is 2.89. The summed E-state index contributed by atoms with van der Waals surface area (Å²) in [5.74, 6) is 0. The van der Waals surface area contributed by atoms with E-state index in [0.717, 1.165) is 18.2 Å². The van der Waals surface area contributed by atoms with Crippen LogP contribution in [0.2, 0.25) is 0 Å². The minimum Gasteiger partial charge on any atom is -0.349 e. The van der Waals surface area contributed by atoms with Crippen molar-refractivity contribution in [3.63, 3.8) is 0 Å². The van der Waals surface area contributed by atoms with Gasteiger partial charge in [-0.1, -0.05) is 6.92 Å². The third-order valence-electron chi connectivity index (χ3n) is 4.73. The smallest absolute Gasteiger partial charge is 0.185 e. The Morgan fingerprint density at radius 2 is 2.10 bits per heavy atom. The highest BCUT2D eigenvalue weighted by Gasteiger charge is 2.40. The molecule has 4 nitrogen and oxygen atoms in total. The number of hydrogen-bond donors (Lipinski definition) is 1. The number of thiazole rings is 1. The second-order valence-electron chi connectivity index (χ2n) is 6.55. The van der Waals surface area contributed by atoms with Gasteiger partial charge in [-0.2, -0.15) is 0 Å². The van der Waals surface area contributed by atoms with Gasteiger partial charge in [-0.05, 0) is 53.2 Å². The maximum absolute atomic E-state index is 4.63. The molecule has 0 aliphatic heterocycles. The fourth-order valence-electron chi connectivity index (χ4n) is 2.96. The fourth-order valence-corrected chi connectivity index (χ4v) is 3.86. The Kier molecular flexibility index (Phi) is 5.63. The van der Waals surface area contributed by atoms with Crippen LogP contribution in [0.1, 0.15) is 50.4 Å². The van der Waals surface area contributed by atoms with Gasteiger partial charge in [-0.25, -0.2) is 4.98 Å². The molecule has 5 heteroatoms. The first-order valence-corrected chi connectivity index (χ1v) is 8.88. The molecule has 1 aromatic rings. The van der Waals surface area contributed by atoms with Gasteiger partial charge in [0.1, 0.15) is 0 Å². The molecule has 1 aliphatic carbocycles. The molecule has 1 N–H and O–H groups in total. The van der Waals surface area contributed by atoms with E-state index >= 15 is 0 Å². The van der Waals surface area contributed by atoms with Gasteiger partial charge in [-0.15, -0.1) is 11.3 Å². The molecule has 0 amide bonds. The Hall–Kier alpha value is -0.650. The fraction of sp³-hybridized carbons (Fsp3) is 0.812. The number of anilines is 1. The molecule has 120 valence electrons. The van der Waals surface area contributed by atoms with Crippen LogP contribution in [0.15, 0.2) is 6.20 Å². The lowest BCUT2D eigenvalue weighted by molar-refractivity contribution is 0.0683. The van der Waals surface area contributed by atoms with E-state index in [1.165, 1.54) is 30.6 Å². The van der Waals surface area contributed by atoms with E-state index in [2.05, 4.69) is 55.1 Å². The Morgan fingerprint density at radius 3 is 2.62 bits per heavy atom. The van der Waals surface area contributed by atoms with Crippen molar-refractivity contribution in [1.29, 1.82) is 0 Å². The lowest BCUT2D eigenvalue weighted by Crippen LogP contribution is -2.56. The summed E-state index contributed by atoms with van der Waals surface area (Å²) in [6.07, 6.45) is 7.16. The third kappa shape index (κ3) is 3.76. The Morgan fingerprint density at radius 1 is 1.38 bits per heavy atom. The molecule has 0 radical (unpaired) electrons. The van der Waals surface area contributed by atoms with Crippen LogP contribution in [0.5, 0.6) is 0 Å². The summed E-state index contributed by atoms with van der Waals surface area (Å²) in [4.78, 5) is 10.7. The van der Waals surface area contributed by atoms with Crippen molar-refractivity contribution in [3.05, 3.63) is 11.1 Å². The van der Waals surface area contributed by atoms with Gasteiger partial charge in [0.25, 0.3) is 0 Å². The van der Waals surface area contributed by atoms with Crippen LogP contribution in [0.3, 0.4) is 0 Å². The number of likely N-dealkylation sites (N-methyl/N-ethyl adjacent to an activating group) is 2. The molecule has 0 saturated heterocycles. The first kappa shape index (κ1) is 16.7. The van der Waals surface area contributed by atoms with Crippen LogP contribution in [0.4, 0.5) is 5.13 Å². The van der Waals surface area contributed by atoms with Crippen molar-refractivity contribution < 1.29 is 0 Å². The Labute approximate surface area is 133 Å². The summed E-state index contributed by atoms with van der Waals surface area (Å²) < 4.78 is 0. The summed E-state index contributed by atoms with van der Waals surface area (Å²) in [7, 11) is 6.59. The summed E-state index contributed by atoms with van der Waals surface area (Å²) in [6.45, 7) is 6.56. The van der Waals surface area contributed by atoms with Crippen LogP contribution in [0.25, 0.3) is 0 Å². The number of rotatable bonds is 8. The molecule has 0 spiro atoms. The number of nitrogens with zero attached hydrogens (tertiary/aromatic N) is 3. The van der Waals surface area contributed by atoms with Crippen molar-refractivity contribution in [2.45, 2.75) is 51.1 Å². The minimum atomic E-state index is 0.354. The molecule has 1 aliphatic rings. The van der Waals surface area contributed by atoms with E-state index in [9.17, 15) is 0 Å². The summed E-state index contributed by atoms with van der Waals surface area (Å²) >= 11 is 1.82. The summed E-state index contributed by atoms with van der Waals surface area (Å²) in [5, 5.41) is 4.68. The van der Waals surface area contributed by atoms with Gasteiger partial charge in [0.2, 0.25) is 0 Å². The van der Waals surface area contributed by atoms with E-state index < -0.39 is 0 Å². The predicted molar refractivity (Wildman–Crippen MR) is 92.4 cm³/mol. The normalized spacial score (nSPS) is 18.6. The predicted octanol–water partition coefficient (Wildman–Crippen LogP) is 3.12. The van der Waals surface area contributed by atoms with E-state index in [1.807, 2.05) is 17.5 Å². The maximum atomic E-state index is 4.63. The third-order valence-corrected chi connectivity index (χ3v) is 6.02. The van der Waals surface area contributed by atoms with Crippen molar-refractivity contribution in [2.24, 2.45) is 0 Å². The van der Waals surface area contributed by atoms with Crippen molar-refractivity contribution in [2.75, 3.05) is 39.1 Å². The first-order valence-electron chi connectivity index (χ1n) is 8.06.